The normalized spacial score (nSPS) is 19.5. The molecule has 1 heterocycles. The Morgan fingerprint density at radius 2 is 1.91 bits per heavy atom. The maximum Gasteiger partial charge on any atom is 0.262 e. The molecule has 2 atom stereocenters. The smallest absolute Gasteiger partial charge is 0.262 e. The molecule has 1 aliphatic rings. The number of nitrogens with zero attached hydrogens (tertiary/aromatic N) is 1. The number of halogens is 3. The zero-order chi connectivity index (χ0) is 23.4. The number of carbonyl (C=O) groups excluding carboxylic acids is 2. The van der Waals surface area contributed by atoms with Crippen LogP contribution in [0.4, 0.5) is 4.39 Å². The molecular formula is C25H21Cl2FN2O2S. The summed E-state index contributed by atoms with van der Waals surface area (Å²) in [7, 11) is 0. The molecule has 0 spiro atoms. The van der Waals surface area contributed by atoms with Gasteiger partial charge in [-0.25, -0.2) is 4.39 Å². The molecule has 0 saturated heterocycles. The minimum atomic E-state index is -2.23. The third-order valence-corrected chi connectivity index (χ3v) is 7.34. The topological polar surface area (TPSA) is 59.1 Å². The van der Waals surface area contributed by atoms with Crippen molar-refractivity contribution in [2.75, 3.05) is 0 Å². The van der Waals surface area contributed by atoms with Crippen molar-refractivity contribution in [3.05, 3.63) is 99.3 Å². The first-order valence-electron chi connectivity index (χ1n) is 10.5. The zero-order valence-electron chi connectivity index (χ0n) is 17.6. The monoisotopic (exact) mass is 502 g/mol. The Bertz CT molecular complexity index is 1180. The number of nitrogens with one attached hydrogen (secondary N) is 1. The standard InChI is InChI=1S/C25H21Cl2FN2O2S/c26-18-9-8-17(20(27)14-18)15-30-24(32)25(28)11-10-21(23-19(25)7-4-12-29-23)33-22(31)13-16-5-2-1-3-6-16/h1-9,12,14,21H,10-11,13,15H2,(H,30,32)/t21?,25-/m0/s1. The van der Waals surface area contributed by atoms with E-state index in [4.69, 9.17) is 23.2 Å². The van der Waals surface area contributed by atoms with Gasteiger partial charge in [-0.1, -0.05) is 77.4 Å². The molecule has 0 radical (unpaired) electrons. The van der Waals surface area contributed by atoms with Gasteiger partial charge in [0.2, 0.25) is 5.67 Å². The van der Waals surface area contributed by atoms with Gasteiger partial charge in [0, 0.05) is 34.8 Å². The molecule has 1 aliphatic carbocycles. The molecule has 1 aromatic heterocycles. The van der Waals surface area contributed by atoms with Gasteiger partial charge in [-0.2, -0.15) is 0 Å². The number of hydrogen-bond acceptors (Lipinski definition) is 4. The van der Waals surface area contributed by atoms with Crippen LogP contribution in [0.15, 0.2) is 66.9 Å². The predicted octanol–water partition coefficient (Wildman–Crippen LogP) is 6.21. The summed E-state index contributed by atoms with van der Waals surface area (Å²) in [5, 5.41) is 3.21. The molecule has 3 aromatic rings. The van der Waals surface area contributed by atoms with Crippen molar-refractivity contribution in [2.45, 2.75) is 36.7 Å². The number of amides is 1. The fourth-order valence-electron chi connectivity index (χ4n) is 3.90. The highest BCUT2D eigenvalue weighted by molar-refractivity contribution is 8.13. The van der Waals surface area contributed by atoms with Crippen LogP contribution < -0.4 is 5.32 Å². The summed E-state index contributed by atoms with van der Waals surface area (Å²) in [6.07, 6.45) is 2.13. The lowest BCUT2D eigenvalue weighted by Crippen LogP contribution is -2.43. The second kappa shape index (κ2) is 10.2. The summed E-state index contributed by atoms with van der Waals surface area (Å²) in [5.74, 6) is -0.748. The molecule has 0 bridgehead atoms. The first-order valence-corrected chi connectivity index (χ1v) is 12.1. The van der Waals surface area contributed by atoms with Crippen molar-refractivity contribution in [2.24, 2.45) is 0 Å². The molecule has 0 saturated carbocycles. The van der Waals surface area contributed by atoms with Crippen LogP contribution in [-0.2, 0) is 28.2 Å². The van der Waals surface area contributed by atoms with Gasteiger partial charge in [0.05, 0.1) is 10.9 Å². The number of rotatable bonds is 6. The van der Waals surface area contributed by atoms with Gasteiger partial charge in [0.25, 0.3) is 5.91 Å². The van der Waals surface area contributed by atoms with Crippen molar-refractivity contribution in [3.63, 3.8) is 0 Å². The number of alkyl halides is 1. The summed E-state index contributed by atoms with van der Waals surface area (Å²) < 4.78 is 16.1. The largest absolute Gasteiger partial charge is 0.349 e. The van der Waals surface area contributed by atoms with E-state index in [2.05, 4.69) is 10.3 Å². The van der Waals surface area contributed by atoms with Gasteiger partial charge in [0.1, 0.15) is 0 Å². The molecule has 170 valence electrons. The Kier molecular flexibility index (Phi) is 7.37. The SMILES string of the molecule is O=C(Cc1ccccc1)SC1CC[C@@](F)(C(=O)NCc2ccc(Cl)cc2Cl)c2cccnc21. The Hall–Kier alpha value is -2.41. The number of pyridine rings is 1. The summed E-state index contributed by atoms with van der Waals surface area (Å²) in [4.78, 5) is 29.9. The van der Waals surface area contributed by atoms with Crippen molar-refractivity contribution < 1.29 is 14.0 Å². The zero-order valence-corrected chi connectivity index (χ0v) is 19.9. The molecule has 1 N–H and O–H groups in total. The molecule has 2 aromatic carbocycles. The summed E-state index contributed by atoms with van der Waals surface area (Å²) in [6.45, 7) is 0.0733. The molecular weight excluding hydrogens is 482 g/mol. The highest BCUT2D eigenvalue weighted by atomic mass is 35.5. The fourth-order valence-corrected chi connectivity index (χ4v) is 5.48. The molecule has 33 heavy (non-hydrogen) atoms. The van der Waals surface area contributed by atoms with E-state index in [1.54, 1.807) is 36.5 Å². The summed E-state index contributed by atoms with van der Waals surface area (Å²) in [5.41, 5.74) is -0.0206. The number of fused-ring (bicyclic) bond motifs is 1. The Morgan fingerprint density at radius 3 is 2.67 bits per heavy atom. The highest BCUT2D eigenvalue weighted by Gasteiger charge is 2.47. The number of thioether (sulfide) groups is 1. The third kappa shape index (κ3) is 5.40. The van der Waals surface area contributed by atoms with E-state index in [9.17, 15) is 9.59 Å². The van der Waals surface area contributed by atoms with Crippen LogP contribution in [0.3, 0.4) is 0 Å². The molecule has 4 nitrogen and oxygen atoms in total. The summed E-state index contributed by atoms with van der Waals surface area (Å²) in [6, 6.07) is 17.6. The van der Waals surface area contributed by atoms with Crippen molar-refractivity contribution in [1.82, 2.24) is 10.3 Å². The van der Waals surface area contributed by atoms with E-state index >= 15 is 4.39 Å². The van der Waals surface area contributed by atoms with E-state index in [0.29, 0.717) is 27.7 Å². The minimum Gasteiger partial charge on any atom is -0.349 e. The molecule has 8 heteroatoms. The molecule has 1 amide bonds. The van der Waals surface area contributed by atoms with Crippen molar-refractivity contribution in [1.29, 1.82) is 0 Å². The van der Waals surface area contributed by atoms with Crippen molar-refractivity contribution in [3.8, 4) is 0 Å². The second-order valence-electron chi connectivity index (χ2n) is 7.84. The lowest BCUT2D eigenvalue weighted by molar-refractivity contribution is -0.134. The predicted molar refractivity (Wildman–Crippen MR) is 130 cm³/mol. The number of carbonyl (C=O) groups is 2. The van der Waals surface area contributed by atoms with Crippen LogP contribution in [0.2, 0.25) is 10.0 Å². The van der Waals surface area contributed by atoms with Crippen molar-refractivity contribution >= 4 is 46.0 Å². The Balaban J connectivity index is 1.48. The van der Waals surface area contributed by atoms with E-state index in [-0.39, 0.29) is 35.3 Å². The van der Waals surface area contributed by atoms with E-state index in [0.717, 1.165) is 17.3 Å². The maximum absolute atomic E-state index is 16.1. The minimum absolute atomic E-state index is 0.0176. The van der Waals surface area contributed by atoms with Crippen LogP contribution in [-0.4, -0.2) is 16.0 Å². The van der Waals surface area contributed by atoms with Gasteiger partial charge in [-0.15, -0.1) is 0 Å². The lowest BCUT2D eigenvalue weighted by atomic mass is 9.82. The van der Waals surface area contributed by atoms with Crippen LogP contribution in [0.1, 0.15) is 40.5 Å². The van der Waals surface area contributed by atoms with Crippen LogP contribution in [0.5, 0.6) is 0 Å². The molecule has 0 aliphatic heterocycles. The van der Waals surface area contributed by atoms with E-state index in [1.807, 2.05) is 30.3 Å². The van der Waals surface area contributed by atoms with Crippen LogP contribution in [0, 0.1) is 0 Å². The number of aromatic nitrogens is 1. The first-order chi connectivity index (χ1) is 15.9. The maximum atomic E-state index is 16.1. The first kappa shape index (κ1) is 23.7. The van der Waals surface area contributed by atoms with Gasteiger partial charge in [-0.05, 0) is 42.2 Å². The molecule has 0 fully saturated rings. The fraction of sp³-hybridized carbons (Fsp3) is 0.240. The van der Waals surface area contributed by atoms with Gasteiger partial charge in [0.15, 0.2) is 5.12 Å². The number of hydrogen-bond donors (Lipinski definition) is 1. The van der Waals surface area contributed by atoms with Gasteiger partial charge < -0.3 is 5.32 Å². The highest BCUT2D eigenvalue weighted by Crippen LogP contribution is 2.48. The number of benzene rings is 2. The van der Waals surface area contributed by atoms with Gasteiger partial charge in [-0.3, -0.25) is 14.6 Å². The summed E-state index contributed by atoms with van der Waals surface area (Å²) >= 11 is 13.2. The Morgan fingerprint density at radius 1 is 1.12 bits per heavy atom. The second-order valence-corrected chi connectivity index (χ2v) is 9.94. The van der Waals surface area contributed by atoms with E-state index in [1.165, 1.54) is 0 Å². The third-order valence-electron chi connectivity index (χ3n) is 5.60. The van der Waals surface area contributed by atoms with Gasteiger partial charge >= 0.3 is 0 Å². The quantitative estimate of drug-likeness (QED) is 0.435. The lowest BCUT2D eigenvalue weighted by Gasteiger charge is -2.34. The van der Waals surface area contributed by atoms with Crippen LogP contribution in [0.25, 0.3) is 0 Å². The van der Waals surface area contributed by atoms with E-state index < -0.39 is 11.6 Å². The molecule has 1 unspecified atom stereocenters. The molecule has 4 rings (SSSR count). The van der Waals surface area contributed by atoms with Crippen LogP contribution >= 0.6 is 35.0 Å². The average Bonchev–Trinajstić information content (AvgIpc) is 2.81. The average molecular weight is 503 g/mol. The Labute approximate surface area is 205 Å².